The van der Waals surface area contributed by atoms with Gasteiger partial charge in [-0.15, -0.1) is 0 Å². The van der Waals surface area contributed by atoms with Crippen molar-refractivity contribution in [2.75, 3.05) is 0 Å². The lowest BCUT2D eigenvalue weighted by Crippen LogP contribution is -2.60. The van der Waals surface area contributed by atoms with Crippen molar-refractivity contribution in [1.29, 1.82) is 0 Å². The monoisotopic (exact) mass is 440 g/mol. The van der Waals surface area contributed by atoms with Gasteiger partial charge in [0.2, 0.25) is 11.8 Å². The number of rotatable bonds is 4. The van der Waals surface area contributed by atoms with Crippen LogP contribution in [-0.4, -0.2) is 41.0 Å². The second kappa shape index (κ2) is 9.99. The van der Waals surface area contributed by atoms with E-state index in [0.717, 1.165) is 0 Å². The quantitative estimate of drug-likeness (QED) is 0.501. The molecule has 0 unspecified atom stereocenters. The summed E-state index contributed by atoms with van der Waals surface area (Å²) in [5.41, 5.74) is 9.80. The van der Waals surface area contributed by atoms with Crippen LogP contribution in [0.15, 0.2) is 9.98 Å². The average molecular weight is 441 g/mol. The summed E-state index contributed by atoms with van der Waals surface area (Å²) in [6.45, 7) is 15.2. The number of hydrogen-bond donors (Lipinski definition) is 4. The van der Waals surface area contributed by atoms with E-state index in [0.29, 0.717) is 0 Å². The third-order valence-electron chi connectivity index (χ3n) is 6.13. The van der Waals surface area contributed by atoms with E-state index in [4.69, 9.17) is 11.5 Å². The van der Waals surface area contributed by atoms with Crippen LogP contribution in [0.4, 0.5) is 9.59 Å². The molecular formula is C20H36N6O5. The third-order valence-corrected chi connectivity index (χ3v) is 6.13. The van der Waals surface area contributed by atoms with Crippen molar-refractivity contribution in [3.63, 3.8) is 0 Å². The molecule has 0 aromatic carbocycles. The highest BCUT2D eigenvalue weighted by atomic mass is 16.2. The number of urea groups is 2. The van der Waals surface area contributed by atoms with E-state index in [1.807, 2.05) is 55.4 Å². The molecule has 0 atom stereocenters. The predicted molar refractivity (Wildman–Crippen MR) is 118 cm³/mol. The first-order valence-corrected chi connectivity index (χ1v) is 10.1. The average Bonchev–Trinajstić information content (AvgIpc) is 2.52. The highest BCUT2D eigenvalue weighted by Crippen LogP contribution is 2.39. The molecule has 8 N–H and O–H groups in total. The van der Waals surface area contributed by atoms with Crippen LogP contribution >= 0.6 is 0 Å². The number of hydrogen-bond acceptors (Lipinski definition) is 6. The Bertz CT molecular complexity index is 716. The molecule has 176 valence electrons. The summed E-state index contributed by atoms with van der Waals surface area (Å²) < 4.78 is 0. The smallest absolute Gasteiger partial charge is 0.349 e. The number of nitrogens with zero attached hydrogens (tertiary/aromatic N) is 2. The summed E-state index contributed by atoms with van der Waals surface area (Å²) >= 11 is 0. The summed E-state index contributed by atoms with van der Waals surface area (Å²) in [5.74, 6) is -0.454. The van der Waals surface area contributed by atoms with Crippen molar-refractivity contribution in [2.24, 2.45) is 56.0 Å². The number of nitrogens with one attached hydrogen (secondary N) is 2. The summed E-state index contributed by atoms with van der Waals surface area (Å²) in [7, 11) is 0. The van der Waals surface area contributed by atoms with Crippen LogP contribution in [0, 0.1) is 34.5 Å². The topological polar surface area (TPSA) is 201 Å². The molecule has 0 saturated carbocycles. The summed E-state index contributed by atoms with van der Waals surface area (Å²) in [4.78, 5) is 53.2. The Morgan fingerprint density at radius 3 is 1.00 bits per heavy atom. The minimum Gasteiger partial charge on any atom is -0.412 e. The Balaban J connectivity index is 0.000000562. The van der Waals surface area contributed by atoms with Gasteiger partial charge in [0, 0.05) is 0 Å². The molecular weight excluding hydrogens is 404 g/mol. The van der Waals surface area contributed by atoms with Crippen molar-refractivity contribution in [3.8, 4) is 0 Å². The van der Waals surface area contributed by atoms with E-state index in [1.165, 1.54) is 0 Å². The molecule has 11 nitrogen and oxygen atoms in total. The first-order chi connectivity index (χ1) is 13.7. The zero-order chi connectivity index (χ0) is 23.6. The Labute approximate surface area is 182 Å². The van der Waals surface area contributed by atoms with Crippen LogP contribution in [0.25, 0.3) is 0 Å². The molecule has 0 aromatic heterocycles. The Hall–Kier alpha value is -2.82. The minimum atomic E-state index is -0.867. The molecule has 0 bridgehead atoms. The van der Waals surface area contributed by atoms with Crippen molar-refractivity contribution in [1.82, 2.24) is 10.6 Å². The van der Waals surface area contributed by atoms with Gasteiger partial charge in [0.05, 0.1) is 0 Å². The lowest BCUT2D eigenvalue weighted by Gasteiger charge is -2.40. The van der Waals surface area contributed by atoms with E-state index in [9.17, 15) is 19.2 Å². The maximum absolute atomic E-state index is 11.9. The largest absolute Gasteiger partial charge is 0.412 e. The van der Waals surface area contributed by atoms with Crippen LogP contribution in [0.1, 0.15) is 55.4 Å². The fraction of sp³-hybridized carbons (Fsp3) is 0.700. The van der Waals surface area contributed by atoms with Gasteiger partial charge in [0.25, 0.3) is 0 Å². The van der Waals surface area contributed by atoms with Crippen LogP contribution in [-0.2, 0) is 9.59 Å². The van der Waals surface area contributed by atoms with E-state index < -0.39 is 22.9 Å². The lowest BCUT2D eigenvalue weighted by molar-refractivity contribution is -0.131. The molecule has 0 aromatic rings. The van der Waals surface area contributed by atoms with E-state index in [2.05, 4.69) is 20.6 Å². The standard InChI is InChI=1S/2C10H17N3O2.H2O/c2*1-5(2)10(6(3)4)7(11)12-9(15)13-8(10)14;/h2*5-6H,1-4H3,(H3,11,12,13,14,15);1H2. The van der Waals surface area contributed by atoms with Crippen molar-refractivity contribution >= 4 is 35.5 Å². The molecule has 2 aliphatic heterocycles. The molecule has 31 heavy (non-hydrogen) atoms. The second-order valence-electron chi connectivity index (χ2n) is 8.87. The van der Waals surface area contributed by atoms with Gasteiger partial charge >= 0.3 is 12.1 Å². The Morgan fingerprint density at radius 1 is 0.613 bits per heavy atom. The summed E-state index contributed by atoms with van der Waals surface area (Å²) in [5, 5.41) is 4.44. The molecule has 0 saturated heterocycles. The number of nitrogens with two attached hydrogens (primary N) is 2. The van der Waals surface area contributed by atoms with Crippen molar-refractivity contribution in [3.05, 3.63) is 0 Å². The fourth-order valence-electron chi connectivity index (χ4n) is 4.66. The van der Waals surface area contributed by atoms with Crippen molar-refractivity contribution in [2.45, 2.75) is 55.4 Å². The molecule has 0 radical (unpaired) electrons. The zero-order valence-corrected chi connectivity index (χ0v) is 19.5. The number of imide groups is 2. The number of aliphatic imine (C=N–C) groups is 2. The maximum Gasteiger partial charge on any atom is 0.349 e. The molecule has 2 heterocycles. The van der Waals surface area contributed by atoms with Crippen molar-refractivity contribution < 1.29 is 24.7 Å². The van der Waals surface area contributed by atoms with Gasteiger partial charge in [-0.3, -0.25) is 20.2 Å². The molecule has 2 aliphatic rings. The SMILES string of the molecule is CC(C)C1(C(C)C)C(=O)NC(=O)N=C1N.CC(C)C1(C(C)C)C(=O)NC(=O)N=C1N.O. The number of carbonyl (C=O) groups excluding carboxylic acids is 4. The van der Waals surface area contributed by atoms with Gasteiger partial charge < -0.3 is 16.9 Å². The number of amides is 6. The molecule has 6 amide bonds. The number of amidine groups is 2. The number of carbonyl (C=O) groups is 4. The molecule has 0 spiro atoms. The van der Waals surface area contributed by atoms with Gasteiger partial charge in [-0.25, -0.2) is 9.59 Å². The van der Waals surface area contributed by atoms with Crippen LogP contribution in [0.2, 0.25) is 0 Å². The van der Waals surface area contributed by atoms with Gasteiger partial charge in [-0.2, -0.15) is 9.98 Å². The van der Waals surface area contributed by atoms with E-state index in [-0.39, 0.29) is 52.6 Å². The van der Waals surface area contributed by atoms with Crippen LogP contribution in [0.5, 0.6) is 0 Å². The first-order valence-electron chi connectivity index (χ1n) is 10.1. The van der Waals surface area contributed by atoms with Gasteiger partial charge in [-0.1, -0.05) is 55.4 Å². The normalized spacial score (nSPS) is 19.9. The van der Waals surface area contributed by atoms with Gasteiger partial charge in [0.15, 0.2) is 0 Å². The van der Waals surface area contributed by atoms with Crippen LogP contribution in [0.3, 0.4) is 0 Å². The van der Waals surface area contributed by atoms with E-state index in [1.54, 1.807) is 0 Å². The van der Waals surface area contributed by atoms with Gasteiger partial charge in [-0.05, 0) is 23.7 Å². The van der Waals surface area contributed by atoms with Crippen LogP contribution < -0.4 is 22.1 Å². The fourth-order valence-corrected chi connectivity index (χ4v) is 4.66. The maximum atomic E-state index is 11.9. The highest BCUT2D eigenvalue weighted by molar-refractivity contribution is 6.19. The third kappa shape index (κ3) is 4.60. The lowest BCUT2D eigenvalue weighted by atomic mass is 9.66. The van der Waals surface area contributed by atoms with E-state index >= 15 is 0 Å². The Kier molecular flexibility index (Phi) is 9.08. The first kappa shape index (κ1) is 28.2. The molecule has 0 fully saturated rings. The minimum absolute atomic E-state index is 0. The summed E-state index contributed by atoms with van der Waals surface area (Å²) in [6.07, 6.45) is 0. The molecule has 11 heteroatoms. The molecule has 0 aliphatic carbocycles. The zero-order valence-electron chi connectivity index (χ0n) is 19.5. The highest BCUT2D eigenvalue weighted by Gasteiger charge is 2.52. The summed E-state index contributed by atoms with van der Waals surface area (Å²) in [6, 6.07) is -1.34. The molecule has 2 rings (SSSR count). The predicted octanol–water partition coefficient (Wildman–Crippen LogP) is 0.959. The Morgan fingerprint density at radius 2 is 0.839 bits per heavy atom. The second-order valence-corrected chi connectivity index (χ2v) is 8.87. The van der Waals surface area contributed by atoms with Gasteiger partial charge in [0.1, 0.15) is 22.5 Å².